The Hall–Kier alpha value is -2.32. The molecule has 24 heavy (non-hydrogen) atoms. The van der Waals surface area contributed by atoms with Gasteiger partial charge in [0.2, 0.25) is 11.0 Å². The smallest absolute Gasteiger partial charge is 0.232 e. The van der Waals surface area contributed by atoms with Gasteiger partial charge in [0.15, 0.2) is 0 Å². The number of fused-ring (bicyclic) bond motifs is 1. The maximum Gasteiger partial charge on any atom is 0.232 e. The maximum absolute atomic E-state index is 12.2. The summed E-state index contributed by atoms with van der Waals surface area (Å²) in [5.41, 5.74) is 2.68. The molecule has 1 aliphatic heterocycles. The van der Waals surface area contributed by atoms with Gasteiger partial charge in [-0.2, -0.15) is 0 Å². The third-order valence-electron chi connectivity index (χ3n) is 3.96. The molecule has 124 valence electrons. The van der Waals surface area contributed by atoms with Crippen molar-refractivity contribution in [3.63, 3.8) is 0 Å². The number of ether oxygens (including phenoxy) is 1. The monoisotopic (exact) mass is 343 g/mol. The van der Waals surface area contributed by atoms with Gasteiger partial charge < -0.3 is 14.5 Å². The Bertz CT molecular complexity index is 882. The van der Waals surface area contributed by atoms with Crippen LogP contribution in [0.2, 0.25) is 0 Å². The quantitative estimate of drug-likeness (QED) is 0.787. The first-order chi connectivity index (χ1) is 11.7. The third-order valence-corrected chi connectivity index (χ3v) is 4.89. The van der Waals surface area contributed by atoms with Gasteiger partial charge in [0, 0.05) is 19.0 Å². The highest BCUT2D eigenvalue weighted by molar-refractivity contribution is 7.15. The molecule has 1 unspecified atom stereocenters. The molecular formula is C16H17N5O2S. The summed E-state index contributed by atoms with van der Waals surface area (Å²) >= 11 is 1.37. The molecule has 8 heteroatoms. The van der Waals surface area contributed by atoms with Gasteiger partial charge in [-0.05, 0) is 31.4 Å². The van der Waals surface area contributed by atoms with Crippen LogP contribution in [0.15, 0.2) is 24.5 Å². The lowest BCUT2D eigenvalue weighted by atomic mass is 10.2. The second kappa shape index (κ2) is 6.29. The van der Waals surface area contributed by atoms with Crippen molar-refractivity contribution in [2.75, 3.05) is 11.9 Å². The molecule has 1 N–H and O–H groups in total. The lowest BCUT2D eigenvalue weighted by molar-refractivity contribution is -0.115. The maximum atomic E-state index is 12.2. The molecule has 1 amide bonds. The lowest BCUT2D eigenvalue weighted by Crippen LogP contribution is -2.14. The van der Waals surface area contributed by atoms with Gasteiger partial charge in [-0.15, -0.1) is 10.2 Å². The summed E-state index contributed by atoms with van der Waals surface area (Å²) in [6.45, 7) is 2.76. The van der Waals surface area contributed by atoms with Crippen LogP contribution in [0.1, 0.15) is 35.2 Å². The molecule has 7 nitrogen and oxygen atoms in total. The summed E-state index contributed by atoms with van der Waals surface area (Å²) in [4.78, 5) is 16.7. The summed E-state index contributed by atoms with van der Waals surface area (Å²) in [6.07, 6.45) is 6.03. The number of aromatic nitrogens is 4. The van der Waals surface area contributed by atoms with E-state index >= 15 is 0 Å². The van der Waals surface area contributed by atoms with E-state index in [-0.39, 0.29) is 18.4 Å². The summed E-state index contributed by atoms with van der Waals surface area (Å²) < 4.78 is 7.51. The predicted octanol–water partition coefficient (Wildman–Crippen LogP) is 2.53. The van der Waals surface area contributed by atoms with Crippen LogP contribution < -0.4 is 5.32 Å². The van der Waals surface area contributed by atoms with E-state index in [0.29, 0.717) is 5.13 Å². The number of nitrogens with zero attached hydrogens (tertiary/aromatic N) is 4. The molecule has 4 heterocycles. The molecular weight excluding hydrogens is 326 g/mol. The highest BCUT2D eigenvalue weighted by Gasteiger charge is 2.22. The van der Waals surface area contributed by atoms with E-state index in [1.807, 2.05) is 35.9 Å². The topological polar surface area (TPSA) is 81.4 Å². The van der Waals surface area contributed by atoms with Crippen LogP contribution in [-0.4, -0.2) is 32.1 Å². The molecule has 0 aliphatic carbocycles. The largest absolute Gasteiger partial charge is 0.371 e. The number of hydrogen-bond donors (Lipinski definition) is 1. The molecule has 0 radical (unpaired) electrons. The van der Waals surface area contributed by atoms with Crippen molar-refractivity contribution in [2.24, 2.45) is 0 Å². The Morgan fingerprint density at radius 3 is 3.21 bits per heavy atom. The number of amides is 1. The Morgan fingerprint density at radius 2 is 2.42 bits per heavy atom. The average Bonchev–Trinajstić information content (AvgIpc) is 3.26. The fourth-order valence-electron chi connectivity index (χ4n) is 2.81. The van der Waals surface area contributed by atoms with Gasteiger partial charge in [0.25, 0.3) is 0 Å². The first-order valence-electron chi connectivity index (χ1n) is 7.87. The molecule has 0 spiro atoms. The molecule has 0 saturated carbocycles. The van der Waals surface area contributed by atoms with E-state index in [0.717, 1.165) is 41.4 Å². The number of pyridine rings is 1. The van der Waals surface area contributed by atoms with Crippen molar-refractivity contribution >= 4 is 28.0 Å². The zero-order valence-electron chi connectivity index (χ0n) is 13.2. The minimum atomic E-state index is -0.147. The standard InChI is InChI=1S/C16H17N5O2S/c1-10-4-2-6-21-9-11(17-14(10)21)8-13(22)18-16-20-19-15(24-16)12-5-3-7-23-12/h2,4,6,9,12H,3,5,7-8H2,1H3,(H,18,20,22). The summed E-state index contributed by atoms with van der Waals surface area (Å²) in [6, 6.07) is 3.96. The number of anilines is 1. The van der Waals surface area contributed by atoms with Crippen molar-refractivity contribution in [3.8, 4) is 0 Å². The van der Waals surface area contributed by atoms with Crippen LogP contribution in [-0.2, 0) is 16.0 Å². The molecule has 1 aliphatic rings. The van der Waals surface area contributed by atoms with E-state index < -0.39 is 0 Å². The molecule has 3 aromatic rings. The van der Waals surface area contributed by atoms with Crippen LogP contribution in [0.4, 0.5) is 5.13 Å². The molecule has 0 aromatic carbocycles. The van der Waals surface area contributed by atoms with Gasteiger partial charge in [-0.25, -0.2) is 4.98 Å². The van der Waals surface area contributed by atoms with Crippen LogP contribution in [0.3, 0.4) is 0 Å². The van der Waals surface area contributed by atoms with Crippen LogP contribution in [0.25, 0.3) is 5.65 Å². The van der Waals surface area contributed by atoms with E-state index in [1.165, 1.54) is 11.3 Å². The fourth-order valence-corrected chi connectivity index (χ4v) is 3.65. The summed E-state index contributed by atoms with van der Waals surface area (Å²) in [7, 11) is 0. The Kier molecular flexibility index (Phi) is 3.99. The highest BCUT2D eigenvalue weighted by Crippen LogP contribution is 2.31. The van der Waals surface area contributed by atoms with E-state index in [1.54, 1.807) is 0 Å². The van der Waals surface area contributed by atoms with Gasteiger partial charge >= 0.3 is 0 Å². The number of carbonyl (C=O) groups excluding carboxylic acids is 1. The lowest BCUT2D eigenvalue weighted by Gasteiger charge is -2.02. The third kappa shape index (κ3) is 3.02. The van der Waals surface area contributed by atoms with E-state index in [2.05, 4.69) is 20.5 Å². The second-order valence-corrected chi connectivity index (χ2v) is 6.84. The van der Waals surface area contributed by atoms with Crippen molar-refractivity contribution in [3.05, 3.63) is 40.8 Å². The zero-order valence-corrected chi connectivity index (χ0v) is 14.0. The molecule has 1 atom stereocenters. The van der Waals surface area contributed by atoms with Crippen LogP contribution >= 0.6 is 11.3 Å². The SMILES string of the molecule is Cc1cccn2cc(CC(=O)Nc3nnc(C4CCCO4)s3)nc12. The number of rotatable bonds is 4. The molecule has 1 saturated heterocycles. The summed E-state index contributed by atoms with van der Waals surface area (Å²) in [5.74, 6) is -0.147. The van der Waals surface area contributed by atoms with Crippen LogP contribution in [0.5, 0.6) is 0 Å². The normalized spacial score (nSPS) is 17.5. The minimum absolute atomic E-state index is 0.0227. The number of aryl methyl sites for hydroxylation is 1. The van der Waals surface area contributed by atoms with Crippen molar-refractivity contribution in [1.29, 1.82) is 0 Å². The molecule has 3 aromatic heterocycles. The van der Waals surface area contributed by atoms with E-state index in [9.17, 15) is 4.79 Å². The first-order valence-corrected chi connectivity index (χ1v) is 8.69. The van der Waals surface area contributed by atoms with Gasteiger partial charge in [0.1, 0.15) is 16.8 Å². The van der Waals surface area contributed by atoms with Gasteiger partial charge in [0.05, 0.1) is 12.1 Å². The Balaban J connectivity index is 1.43. The highest BCUT2D eigenvalue weighted by atomic mass is 32.1. The fraction of sp³-hybridized carbons (Fsp3) is 0.375. The van der Waals surface area contributed by atoms with Crippen molar-refractivity contribution < 1.29 is 9.53 Å². The van der Waals surface area contributed by atoms with E-state index in [4.69, 9.17) is 4.74 Å². The van der Waals surface area contributed by atoms with Gasteiger partial charge in [-0.3, -0.25) is 4.79 Å². The average molecular weight is 343 g/mol. The predicted molar refractivity (Wildman–Crippen MR) is 90.1 cm³/mol. The van der Waals surface area contributed by atoms with Gasteiger partial charge in [-0.1, -0.05) is 17.4 Å². The molecule has 0 bridgehead atoms. The first kappa shape index (κ1) is 15.2. The zero-order chi connectivity index (χ0) is 16.5. The Labute approximate surface area is 142 Å². The molecule has 4 rings (SSSR count). The second-order valence-electron chi connectivity index (χ2n) is 5.83. The number of hydrogen-bond acceptors (Lipinski definition) is 6. The number of nitrogens with one attached hydrogen (secondary N) is 1. The number of imidazole rings is 1. The van der Waals surface area contributed by atoms with Crippen molar-refractivity contribution in [1.82, 2.24) is 19.6 Å². The van der Waals surface area contributed by atoms with Crippen LogP contribution in [0, 0.1) is 6.92 Å². The number of carbonyl (C=O) groups is 1. The minimum Gasteiger partial charge on any atom is -0.371 e. The van der Waals surface area contributed by atoms with Crippen molar-refractivity contribution in [2.45, 2.75) is 32.3 Å². The Morgan fingerprint density at radius 1 is 1.50 bits per heavy atom. The molecule has 1 fully saturated rings. The summed E-state index contributed by atoms with van der Waals surface area (Å²) in [5, 5.41) is 12.3.